The highest BCUT2D eigenvalue weighted by atomic mass is 16.5. The van der Waals surface area contributed by atoms with Crippen LogP contribution in [-0.2, 0) is 22.4 Å². The third-order valence-electron chi connectivity index (χ3n) is 5.64. The number of aromatic nitrogens is 1. The van der Waals surface area contributed by atoms with Crippen LogP contribution in [0.15, 0.2) is 51.8 Å². The summed E-state index contributed by atoms with van der Waals surface area (Å²) < 4.78 is 10.5. The summed E-state index contributed by atoms with van der Waals surface area (Å²) in [5.41, 5.74) is 1.78. The van der Waals surface area contributed by atoms with Gasteiger partial charge in [0, 0.05) is 35.0 Å². The van der Waals surface area contributed by atoms with Gasteiger partial charge in [0.2, 0.25) is 5.91 Å². The average Bonchev–Trinajstić information content (AvgIpc) is 3.17. The van der Waals surface area contributed by atoms with Crippen LogP contribution >= 0.6 is 0 Å². The van der Waals surface area contributed by atoms with Gasteiger partial charge in [-0.2, -0.15) is 0 Å². The Kier molecular flexibility index (Phi) is 5.78. The number of amides is 1. The van der Waals surface area contributed by atoms with Crippen molar-refractivity contribution in [2.45, 2.75) is 25.8 Å². The number of aromatic hydroxyl groups is 1. The number of carbonyl (C=O) groups excluding carboxylic acids is 1. The first-order valence-electron chi connectivity index (χ1n) is 10.2. The van der Waals surface area contributed by atoms with Gasteiger partial charge in [0.1, 0.15) is 23.1 Å². The van der Waals surface area contributed by atoms with Gasteiger partial charge < -0.3 is 29.7 Å². The Morgan fingerprint density at radius 2 is 1.97 bits per heavy atom. The van der Waals surface area contributed by atoms with E-state index in [-0.39, 0.29) is 24.2 Å². The number of carboxylic acids is 1. The van der Waals surface area contributed by atoms with Crippen LogP contribution < -0.4 is 15.7 Å². The van der Waals surface area contributed by atoms with Crippen molar-refractivity contribution in [2.75, 3.05) is 7.11 Å². The zero-order valence-electron chi connectivity index (χ0n) is 18.0. The number of H-pyrrole nitrogens is 1. The Morgan fingerprint density at radius 1 is 1.18 bits per heavy atom. The number of methoxy groups -OCH3 is 1. The highest BCUT2D eigenvalue weighted by molar-refractivity contribution is 5.89. The molecule has 1 atom stereocenters. The molecule has 2 aromatic heterocycles. The van der Waals surface area contributed by atoms with E-state index in [9.17, 15) is 24.6 Å². The van der Waals surface area contributed by atoms with Crippen LogP contribution in [0.5, 0.6) is 11.5 Å². The molecule has 9 heteroatoms. The molecule has 2 aromatic carbocycles. The summed E-state index contributed by atoms with van der Waals surface area (Å²) in [7, 11) is 1.50. The van der Waals surface area contributed by atoms with Gasteiger partial charge in [-0.3, -0.25) is 4.79 Å². The predicted octanol–water partition coefficient (Wildman–Crippen LogP) is 2.65. The molecule has 0 fully saturated rings. The zero-order chi connectivity index (χ0) is 23.7. The van der Waals surface area contributed by atoms with E-state index >= 15 is 0 Å². The number of ether oxygens (including phenoxy) is 1. The standard InChI is InChI=1S/C24H22N2O7/c1-12-16-5-4-15(32-2)9-21(16)33-24(31)17(12)10-22(28)26-20(23(29)30)7-13-11-25-19-6-3-14(27)8-18(13)19/h3-6,8-9,11,20,25,27H,7,10H2,1-2H3,(H,26,28)(H,29,30)/t20-/m1/s1. The number of benzene rings is 2. The highest BCUT2D eigenvalue weighted by Crippen LogP contribution is 2.25. The van der Waals surface area contributed by atoms with Gasteiger partial charge in [0.15, 0.2) is 0 Å². The summed E-state index contributed by atoms with van der Waals surface area (Å²) in [5, 5.41) is 23.2. The molecule has 0 spiro atoms. The fourth-order valence-corrected chi connectivity index (χ4v) is 3.87. The summed E-state index contributed by atoms with van der Waals surface area (Å²) in [6.45, 7) is 1.71. The number of fused-ring (bicyclic) bond motifs is 2. The Bertz CT molecular complexity index is 1430. The second-order valence-corrected chi connectivity index (χ2v) is 7.74. The highest BCUT2D eigenvalue weighted by Gasteiger charge is 2.24. The smallest absolute Gasteiger partial charge is 0.340 e. The molecule has 0 unspecified atom stereocenters. The van der Waals surface area contributed by atoms with Gasteiger partial charge in [-0.15, -0.1) is 0 Å². The van der Waals surface area contributed by atoms with Crippen molar-refractivity contribution in [1.29, 1.82) is 0 Å². The van der Waals surface area contributed by atoms with E-state index < -0.39 is 23.5 Å². The van der Waals surface area contributed by atoms with Crippen LogP contribution in [0.4, 0.5) is 0 Å². The number of carboxylic acid groups (broad SMARTS) is 1. The largest absolute Gasteiger partial charge is 0.508 e. The van der Waals surface area contributed by atoms with Crippen LogP contribution in [0.25, 0.3) is 21.9 Å². The molecule has 9 nitrogen and oxygen atoms in total. The molecule has 0 saturated heterocycles. The Balaban J connectivity index is 1.56. The number of hydrogen-bond acceptors (Lipinski definition) is 6. The number of phenols is 1. The maximum atomic E-state index is 12.7. The number of aromatic amines is 1. The van der Waals surface area contributed by atoms with Crippen molar-refractivity contribution in [3.63, 3.8) is 0 Å². The molecule has 33 heavy (non-hydrogen) atoms. The third kappa shape index (κ3) is 4.38. The van der Waals surface area contributed by atoms with Gasteiger partial charge >= 0.3 is 11.6 Å². The Morgan fingerprint density at radius 3 is 2.70 bits per heavy atom. The molecule has 0 aliphatic carbocycles. The second kappa shape index (κ2) is 8.70. The second-order valence-electron chi connectivity index (χ2n) is 7.74. The molecule has 2 heterocycles. The summed E-state index contributed by atoms with van der Waals surface area (Å²) in [6.07, 6.45) is 1.31. The van der Waals surface area contributed by atoms with Crippen LogP contribution in [0.2, 0.25) is 0 Å². The summed E-state index contributed by atoms with van der Waals surface area (Å²) in [5.74, 6) is -1.25. The molecule has 4 rings (SSSR count). The lowest BCUT2D eigenvalue weighted by Gasteiger charge is -2.15. The van der Waals surface area contributed by atoms with E-state index in [0.717, 1.165) is 5.52 Å². The number of nitrogens with one attached hydrogen (secondary N) is 2. The van der Waals surface area contributed by atoms with Crippen molar-refractivity contribution >= 4 is 33.7 Å². The maximum Gasteiger partial charge on any atom is 0.340 e. The number of phenolic OH excluding ortho intramolecular Hbond substituents is 1. The molecule has 4 aromatic rings. The van der Waals surface area contributed by atoms with Crippen molar-refractivity contribution < 1.29 is 29.0 Å². The molecule has 170 valence electrons. The lowest BCUT2D eigenvalue weighted by molar-refractivity contribution is -0.141. The zero-order valence-corrected chi connectivity index (χ0v) is 18.0. The van der Waals surface area contributed by atoms with E-state index in [1.165, 1.54) is 19.2 Å². The van der Waals surface area contributed by atoms with Crippen molar-refractivity contribution in [3.8, 4) is 11.5 Å². The number of rotatable bonds is 7. The van der Waals surface area contributed by atoms with Gasteiger partial charge in [-0.05, 0) is 48.4 Å². The first-order chi connectivity index (χ1) is 15.8. The fraction of sp³-hybridized carbons (Fsp3) is 0.208. The normalized spacial score (nSPS) is 12.1. The quantitative estimate of drug-likeness (QED) is 0.317. The minimum Gasteiger partial charge on any atom is -0.508 e. The summed E-state index contributed by atoms with van der Waals surface area (Å²) in [6, 6.07) is 8.55. The van der Waals surface area contributed by atoms with Gasteiger partial charge in [0.05, 0.1) is 19.1 Å². The third-order valence-corrected chi connectivity index (χ3v) is 5.64. The molecule has 0 bridgehead atoms. The molecule has 4 N–H and O–H groups in total. The first kappa shape index (κ1) is 21.9. The van der Waals surface area contributed by atoms with E-state index in [1.807, 2.05) is 0 Å². The Hall–Kier alpha value is -4.27. The molecule has 0 radical (unpaired) electrons. The van der Waals surface area contributed by atoms with E-state index in [0.29, 0.717) is 33.2 Å². The maximum absolute atomic E-state index is 12.7. The average molecular weight is 450 g/mol. The lowest BCUT2D eigenvalue weighted by atomic mass is 10.0. The van der Waals surface area contributed by atoms with Crippen LogP contribution in [0.3, 0.4) is 0 Å². The van der Waals surface area contributed by atoms with Gasteiger partial charge in [-0.25, -0.2) is 9.59 Å². The number of aryl methyl sites for hydroxylation is 1. The predicted molar refractivity (Wildman–Crippen MR) is 121 cm³/mol. The molecule has 0 aliphatic heterocycles. The minimum atomic E-state index is -1.23. The molecular weight excluding hydrogens is 428 g/mol. The van der Waals surface area contributed by atoms with Crippen LogP contribution in [0, 0.1) is 6.92 Å². The monoisotopic (exact) mass is 450 g/mol. The Labute approximate surface area is 187 Å². The van der Waals surface area contributed by atoms with Crippen molar-refractivity contribution in [3.05, 3.63) is 69.7 Å². The van der Waals surface area contributed by atoms with Crippen molar-refractivity contribution in [2.24, 2.45) is 0 Å². The first-order valence-corrected chi connectivity index (χ1v) is 10.2. The van der Waals surface area contributed by atoms with Crippen LogP contribution in [-0.4, -0.2) is 40.2 Å². The molecule has 0 saturated carbocycles. The number of aliphatic carboxylic acids is 1. The topological polar surface area (TPSA) is 142 Å². The SMILES string of the molecule is COc1ccc2c(C)c(CC(=O)N[C@H](Cc3c[nH]c4ccc(O)cc34)C(=O)O)c(=O)oc2c1. The number of carbonyl (C=O) groups is 2. The fourth-order valence-electron chi connectivity index (χ4n) is 3.87. The molecule has 1 amide bonds. The van der Waals surface area contributed by atoms with Gasteiger partial charge in [0.25, 0.3) is 0 Å². The minimum absolute atomic E-state index is 0.00433. The molecule has 0 aliphatic rings. The van der Waals surface area contributed by atoms with Gasteiger partial charge in [-0.1, -0.05) is 0 Å². The van der Waals surface area contributed by atoms with E-state index in [1.54, 1.807) is 37.4 Å². The lowest BCUT2D eigenvalue weighted by Crippen LogP contribution is -2.43. The number of hydrogen-bond donors (Lipinski definition) is 4. The van der Waals surface area contributed by atoms with Crippen LogP contribution in [0.1, 0.15) is 16.7 Å². The molecular formula is C24H22N2O7. The summed E-state index contributed by atoms with van der Waals surface area (Å²) >= 11 is 0. The van der Waals surface area contributed by atoms with E-state index in [4.69, 9.17) is 9.15 Å². The van der Waals surface area contributed by atoms with E-state index in [2.05, 4.69) is 10.3 Å². The summed E-state index contributed by atoms with van der Waals surface area (Å²) in [4.78, 5) is 40.0. The van der Waals surface area contributed by atoms with Crippen molar-refractivity contribution in [1.82, 2.24) is 10.3 Å².